The molecule has 2 aromatic carbocycles. The number of rotatable bonds is 7. The van der Waals surface area contributed by atoms with Crippen molar-refractivity contribution in [3.05, 3.63) is 64.4 Å². The fraction of sp³-hybridized carbons (Fsp3) is 0.409. The van der Waals surface area contributed by atoms with Crippen LogP contribution in [-0.2, 0) is 11.3 Å². The lowest BCUT2D eigenvalue weighted by Gasteiger charge is -2.32. The minimum Gasteiger partial charge on any atom is -0.492 e. The summed E-state index contributed by atoms with van der Waals surface area (Å²) in [5.41, 5.74) is 2.07. The quantitative estimate of drug-likeness (QED) is 0.703. The second kappa shape index (κ2) is 9.89. The molecule has 150 valence electrons. The van der Waals surface area contributed by atoms with Gasteiger partial charge in [-0.15, -0.1) is 0 Å². The molecular weight excluding hydrogens is 379 g/mol. The van der Waals surface area contributed by atoms with E-state index in [0.29, 0.717) is 23.9 Å². The Kier molecular flexibility index (Phi) is 7.29. The lowest BCUT2D eigenvalue weighted by molar-refractivity contribution is -0.126. The van der Waals surface area contributed by atoms with Gasteiger partial charge < -0.3 is 10.1 Å². The number of nitrogens with one attached hydrogen (secondary N) is 1. The number of carbonyl (C=O) groups excluding carboxylic acids is 1. The van der Waals surface area contributed by atoms with Crippen molar-refractivity contribution < 1.29 is 13.9 Å². The fourth-order valence-electron chi connectivity index (χ4n) is 3.41. The van der Waals surface area contributed by atoms with Crippen LogP contribution in [0.1, 0.15) is 24.0 Å². The minimum atomic E-state index is -0.227. The molecular formula is C22H26ClFN2O2. The molecule has 1 fully saturated rings. The number of nitrogens with zero attached hydrogens (tertiary/aromatic N) is 1. The predicted molar refractivity (Wildman–Crippen MR) is 109 cm³/mol. The van der Waals surface area contributed by atoms with E-state index in [1.54, 1.807) is 18.2 Å². The Morgan fingerprint density at radius 1 is 1.29 bits per heavy atom. The van der Waals surface area contributed by atoms with Gasteiger partial charge in [0.05, 0.1) is 12.5 Å². The highest BCUT2D eigenvalue weighted by atomic mass is 35.5. The fourth-order valence-corrected chi connectivity index (χ4v) is 3.58. The lowest BCUT2D eigenvalue weighted by atomic mass is 9.96. The average Bonchev–Trinajstić information content (AvgIpc) is 2.70. The van der Waals surface area contributed by atoms with Crippen LogP contribution in [-0.4, -0.2) is 37.0 Å². The summed E-state index contributed by atoms with van der Waals surface area (Å²) in [6.45, 7) is 5.21. The number of piperidine rings is 1. The van der Waals surface area contributed by atoms with E-state index in [1.807, 2.05) is 19.1 Å². The van der Waals surface area contributed by atoms with Crippen LogP contribution in [0.3, 0.4) is 0 Å². The number of hydrogen-bond acceptors (Lipinski definition) is 3. The van der Waals surface area contributed by atoms with Gasteiger partial charge >= 0.3 is 0 Å². The van der Waals surface area contributed by atoms with E-state index in [1.165, 1.54) is 12.1 Å². The number of hydrogen-bond donors (Lipinski definition) is 1. The summed E-state index contributed by atoms with van der Waals surface area (Å²) in [7, 11) is 0. The molecule has 1 saturated heterocycles. The van der Waals surface area contributed by atoms with E-state index in [-0.39, 0.29) is 17.6 Å². The summed E-state index contributed by atoms with van der Waals surface area (Å²) in [4.78, 5) is 14.7. The van der Waals surface area contributed by atoms with Crippen LogP contribution in [0.2, 0.25) is 5.02 Å². The van der Waals surface area contributed by atoms with E-state index < -0.39 is 0 Å². The number of carbonyl (C=O) groups is 1. The zero-order chi connectivity index (χ0) is 19.9. The van der Waals surface area contributed by atoms with Crippen molar-refractivity contribution in [2.45, 2.75) is 26.3 Å². The third-order valence-electron chi connectivity index (χ3n) is 5.01. The molecule has 6 heteroatoms. The molecule has 0 aromatic heterocycles. The maximum absolute atomic E-state index is 13.0. The normalized spacial score (nSPS) is 17.3. The summed E-state index contributed by atoms with van der Waals surface area (Å²) >= 11 is 6.09. The second-order valence-corrected chi connectivity index (χ2v) is 7.66. The van der Waals surface area contributed by atoms with Crippen molar-refractivity contribution in [2.24, 2.45) is 5.92 Å². The molecule has 28 heavy (non-hydrogen) atoms. The van der Waals surface area contributed by atoms with E-state index in [0.717, 1.165) is 43.6 Å². The molecule has 1 atom stereocenters. The Labute approximate surface area is 170 Å². The number of benzene rings is 2. The molecule has 1 heterocycles. The molecule has 0 aliphatic carbocycles. The number of aryl methyl sites for hydroxylation is 1. The van der Waals surface area contributed by atoms with Crippen LogP contribution >= 0.6 is 11.6 Å². The van der Waals surface area contributed by atoms with Crippen molar-refractivity contribution in [3.63, 3.8) is 0 Å². The van der Waals surface area contributed by atoms with Crippen molar-refractivity contribution >= 4 is 17.5 Å². The molecule has 1 amide bonds. The summed E-state index contributed by atoms with van der Waals surface area (Å²) in [5, 5.41) is 3.64. The minimum absolute atomic E-state index is 0.0250. The predicted octanol–water partition coefficient (Wildman–Crippen LogP) is 4.19. The van der Waals surface area contributed by atoms with Crippen molar-refractivity contribution in [3.8, 4) is 5.75 Å². The Morgan fingerprint density at radius 3 is 2.82 bits per heavy atom. The third-order valence-corrected chi connectivity index (χ3v) is 5.42. The van der Waals surface area contributed by atoms with Crippen LogP contribution in [0.15, 0.2) is 42.5 Å². The number of amides is 1. The summed E-state index contributed by atoms with van der Waals surface area (Å²) in [5.74, 6) is 0.514. The van der Waals surface area contributed by atoms with Gasteiger partial charge in [0, 0.05) is 18.1 Å². The molecule has 0 spiro atoms. The maximum atomic E-state index is 13.0. The SMILES string of the molecule is Cc1ccc(OCCNC(=O)[C@@H]2CCCN(Cc3ccc(F)cc3)C2)cc1Cl. The van der Waals surface area contributed by atoms with Gasteiger partial charge in [-0.25, -0.2) is 4.39 Å². The van der Waals surface area contributed by atoms with Crippen LogP contribution < -0.4 is 10.1 Å². The highest BCUT2D eigenvalue weighted by Crippen LogP contribution is 2.22. The van der Waals surface area contributed by atoms with Gasteiger partial charge in [0.15, 0.2) is 0 Å². The number of ether oxygens (including phenoxy) is 1. The van der Waals surface area contributed by atoms with Crippen LogP contribution in [0.4, 0.5) is 4.39 Å². The summed E-state index contributed by atoms with van der Waals surface area (Å²) < 4.78 is 18.7. The van der Waals surface area contributed by atoms with Gasteiger partial charge in [0.2, 0.25) is 5.91 Å². The van der Waals surface area contributed by atoms with Gasteiger partial charge in [-0.3, -0.25) is 9.69 Å². The highest BCUT2D eigenvalue weighted by Gasteiger charge is 2.25. The van der Waals surface area contributed by atoms with Crippen molar-refractivity contribution in [1.82, 2.24) is 10.2 Å². The Balaban J connectivity index is 1.41. The molecule has 3 rings (SSSR count). The Bertz CT molecular complexity index is 798. The van der Waals surface area contributed by atoms with E-state index in [2.05, 4.69) is 10.2 Å². The molecule has 1 aliphatic rings. The first kappa shape index (κ1) is 20.6. The molecule has 1 aliphatic heterocycles. The van der Waals surface area contributed by atoms with E-state index >= 15 is 0 Å². The monoisotopic (exact) mass is 404 g/mol. The first-order valence-corrected chi connectivity index (χ1v) is 10.0. The molecule has 2 aromatic rings. The van der Waals surface area contributed by atoms with Gasteiger partial charge in [0.25, 0.3) is 0 Å². The number of likely N-dealkylation sites (tertiary alicyclic amines) is 1. The lowest BCUT2D eigenvalue weighted by Crippen LogP contribution is -2.43. The van der Waals surface area contributed by atoms with Crippen LogP contribution in [0.5, 0.6) is 5.75 Å². The summed E-state index contributed by atoms with van der Waals surface area (Å²) in [6, 6.07) is 12.1. The first-order valence-electron chi connectivity index (χ1n) is 9.65. The topological polar surface area (TPSA) is 41.6 Å². The van der Waals surface area contributed by atoms with Crippen LogP contribution in [0.25, 0.3) is 0 Å². The zero-order valence-electron chi connectivity index (χ0n) is 16.1. The van der Waals surface area contributed by atoms with Crippen molar-refractivity contribution in [2.75, 3.05) is 26.2 Å². The van der Waals surface area contributed by atoms with E-state index in [4.69, 9.17) is 16.3 Å². The first-order chi connectivity index (χ1) is 13.5. The van der Waals surface area contributed by atoms with Gasteiger partial charge in [-0.1, -0.05) is 29.8 Å². The Morgan fingerprint density at radius 2 is 2.07 bits per heavy atom. The molecule has 1 N–H and O–H groups in total. The highest BCUT2D eigenvalue weighted by molar-refractivity contribution is 6.31. The van der Waals surface area contributed by atoms with E-state index in [9.17, 15) is 9.18 Å². The summed E-state index contributed by atoms with van der Waals surface area (Å²) in [6.07, 6.45) is 1.87. The number of halogens is 2. The van der Waals surface area contributed by atoms with Crippen molar-refractivity contribution in [1.29, 1.82) is 0 Å². The third kappa shape index (κ3) is 5.94. The Hall–Kier alpha value is -2.11. The molecule has 0 bridgehead atoms. The largest absolute Gasteiger partial charge is 0.492 e. The smallest absolute Gasteiger partial charge is 0.224 e. The van der Waals surface area contributed by atoms with Crippen LogP contribution in [0, 0.1) is 18.7 Å². The zero-order valence-corrected chi connectivity index (χ0v) is 16.8. The molecule has 0 radical (unpaired) electrons. The van der Waals surface area contributed by atoms with Gasteiger partial charge in [0.1, 0.15) is 18.2 Å². The second-order valence-electron chi connectivity index (χ2n) is 7.25. The maximum Gasteiger partial charge on any atom is 0.224 e. The molecule has 0 saturated carbocycles. The van der Waals surface area contributed by atoms with Gasteiger partial charge in [-0.2, -0.15) is 0 Å². The van der Waals surface area contributed by atoms with Gasteiger partial charge in [-0.05, 0) is 61.7 Å². The average molecular weight is 405 g/mol. The molecule has 0 unspecified atom stereocenters. The molecule has 4 nitrogen and oxygen atoms in total. The standard InChI is InChI=1S/C22H26ClFN2O2/c1-16-4-9-20(13-21(16)23)28-12-10-25-22(27)18-3-2-11-26(15-18)14-17-5-7-19(24)8-6-17/h4-9,13,18H,2-3,10-12,14-15H2,1H3,(H,25,27)/t18-/m1/s1.